The summed E-state index contributed by atoms with van der Waals surface area (Å²) in [4.78, 5) is 5.72. The normalized spacial score (nSPS) is 12.6. The number of guanidine groups is 1. The third kappa shape index (κ3) is 5.66. The average molecular weight is 484 g/mol. The number of aliphatic imine (C=N–C) groups is 1. The molecule has 3 aromatic heterocycles. The van der Waals surface area contributed by atoms with Crippen molar-refractivity contribution in [1.29, 1.82) is 0 Å². The zero-order valence-electron chi connectivity index (χ0n) is 15.1. The Kier molecular flexibility index (Phi) is 8.30. The molecule has 0 bridgehead atoms. The number of rotatable bonds is 7. The predicted octanol–water partition coefficient (Wildman–Crippen LogP) is 3.00. The molecule has 0 aliphatic heterocycles. The predicted molar refractivity (Wildman–Crippen MR) is 119 cm³/mol. The molecule has 0 aliphatic carbocycles. The van der Waals surface area contributed by atoms with E-state index < -0.39 is 0 Å². The summed E-state index contributed by atoms with van der Waals surface area (Å²) in [6.45, 7) is 3.91. The maximum absolute atomic E-state index is 4.29. The number of hydrogen-bond donors (Lipinski definition) is 2. The van der Waals surface area contributed by atoms with Gasteiger partial charge in [0.15, 0.2) is 11.6 Å². The van der Waals surface area contributed by atoms with Crippen molar-refractivity contribution in [3.05, 3.63) is 52.6 Å². The lowest BCUT2D eigenvalue weighted by molar-refractivity contribution is 0.562. The van der Waals surface area contributed by atoms with Crippen LogP contribution in [0.25, 0.3) is 5.65 Å². The fourth-order valence-corrected chi connectivity index (χ4v) is 3.56. The maximum atomic E-state index is 4.29. The number of pyridine rings is 1. The first-order chi connectivity index (χ1) is 12.3. The molecule has 0 fully saturated rings. The van der Waals surface area contributed by atoms with E-state index in [1.807, 2.05) is 40.1 Å². The van der Waals surface area contributed by atoms with Gasteiger partial charge in [-0.05, 0) is 35.9 Å². The Morgan fingerprint density at radius 1 is 1.23 bits per heavy atom. The Labute approximate surface area is 175 Å². The lowest BCUT2D eigenvalue weighted by atomic mass is 10.1. The quantitative estimate of drug-likeness (QED) is 0.308. The van der Waals surface area contributed by atoms with Crippen molar-refractivity contribution in [3.63, 3.8) is 0 Å². The monoisotopic (exact) mass is 484 g/mol. The van der Waals surface area contributed by atoms with Gasteiger partial charge in [0.25, 0.3) is 0 Å². The number of halogens is 1. The summed E-state index contributed by atoms with van der Waals surface area (Å²) < 4.78 is 2.01. The molecule has 8 heteroatoms. The molecule has 2 N–H and O–H groups in total. The molecule has 0 saturated carbocycles. The highest BCUT2D eigenvalue weighted by atomic mass is 127. The summed E-state index contributed by atoms with van der Waals surface area (Å²) in [5.41, 5.74) is 0.877. The number of nitrogens with one attached hydrogen (secondary N) is 2. The van der Waals surface area contributed by atoms with Crippen molar-refractivity contribution < 1.29 is 0 Å². The summed E-state index contributed by atoms with van der Waals surface area (Å²) in [7, 11) is 1.80. The Morgan fingerprint density at radius 3 is 2.88 bits per heavy atom. The van der Waals surface area contributed by atoms with E-state index in [1.54, 1.807) is 7.05 Å². The number of hydrogen-bond acceptors (Lipinski definition) is 4. The van der Waals surface area contributed by atoms with Gasteiger partial charge >= 0.3 is 0 Å². The molecule has 0 aliphatic rings. The third-order valence-electron chi connectivity index (χ3n) is 4.00. The fourth-order valence-electron chi connectivity index (χ4n) is 2.69. The van der Waals surface area contributed by atoms with Crippen molar-refractivity contribution in [2.45, 2.75) is 19.8 Å². The SMILES string of the molecule is CN=C(NCCc1nnc2ccccn12)NCC(C)Cc1cccs1.I. The van der Waals surface area contributed by atoms with Gasteiger partial charge in [-0.1, -0.05) is 19.1 Å². The summed E-state index contributed by atoms with van der Waals surface area (Å²) in [5, 5.41) is 17.3. The molecule has 0 spiro atoms. The molecule has 140 valence electrons. The molecular formula is C18H25IN6S. The van der Waals surface area contributed by atoms with Gasteiger partial charge in [0.1, 0.15) is 5.82 Å². The van der Waals surface area contributed by atoms with E-state index in [-0.39, 0.29) is 24.0 Å². The van der Waals surface area contributed by atoms with Gasteiger partial charge in [0.05, 0.1) is 0 Å². The van der Waals surface area contributed by atoms with Gasteiger partial charge in [-0.2, -0.15) is 0 Å². The van der Waals surface area contributed by atoms with Crippen LogP contribution in [0.1, 0.15) is 17.6 Å². The van der Waals surface area contributed by atoms with Gasteiger partial charge in [-0.15, -0.1) is 45.5 Å². The molecule has 3 heterocycles. The Balaban J connectivity index is 0.00000243. The van der Waals surface area contributed by atoms with Crippen molar-refractivity contribution in [3.8, 4) is 0 Å². The second-order valence-corrected chi connectivity index (χ2v) is 7.10. The highest BCUT2D eigenvalue weighted by Gasteiger charge is 2.07. The highest BCUT2D eigenvalue weighted by Crippen LogP contribution is 2.13. The van der Waals surface area contributed by atoms with E-state index in [0.29, 0.717) is 5.92 Å². The van der Waals surface area contributed by atoms with E-state index in [2.05, 4.69) is 50.3 Å². The number of fused-ring (bicyclic) bond motifs is 1. The van der Waals surface area contributed by atoms with Crippen LogP contribution in [0.5, 0.6) is 0 Å². The van der Waals surface area contributed by atoms with Crippen molar-refractivity contribution in [1.82, 2.24) is 25.2 Å². The molecule has 26 heavy (non-hydrogen) atoms. The standard InChI is InChI=1S/C18H24N6S.HI/c1-14(12-15-6-5-11-25-15)13-21-18(19-2)20-9-8-17-23-22-16-7-3-4-10-24(16)17;/h3-7,10-11,14H,8-9,12-13H2,1-2H3,(H2,19,20,21);1H. The van der Waals surface area contributed by atoms with Gasteiger partial charge < -0.3 is 10.6 Å². The molecule has 1 atom stereocenters. The van der Waals surface area contributed by atoms with Crippen molar-refractivity contribution in [2.75, 3.05) is 20.1 Å². The van der Waals surface area contributed by atoms with Gasteiger partial charge in [-0.25, -0.2) is 0 Å². The first-order valence-electron chi connectivity index (χ1n) is 8.52. The topological polar surface area (TPSA) is 66.6 Å². The van der Waals surface area contributed by atoms with Crippen LogP contribution in [0.4, 0.5) is 0 Å². The largest absolute Gasteiger partial charge is 0.356 e. The minimum absolute atomic E-state index is 0. The zero-order chi connectivity index (χ0) is 17.5. The van der Waals surface area contributed by atoms with Crippen LogP contribution in [0.2, 0.25) is 0 Å². The lowest BCUT2D eigenvalue weighted by Gasteiger charge is -2.15. The molecule has 3 rings (SSSR count). The molecule has 0 saturated heterocycles. The molecule has 3 aromatic rings. The van der Waals surface area contributed by atoms with E-state index in [1.165, 1.54) is 4.88 Å². The van der Waals surface area contributed by atoms with Gasteiger partial charge in [-0.3, -0.25) is 9.39 Å². The summed E-state index contributed by atoms with van der Waals surface area (Å²) in [6.07, 6.45) is 3.87. The smallest absolute Gasteiger partial charge is 0.190 e. The van der Waals surface area contributed by atoms with Crippen LogP contribution in [0, 0.1) is 5.92 Å². The zero-order valence-corrected chi connectivity index (χ0v) is 18.2. The number of aromatic nitrogens is 3. The number of thiophene rings is 1. The second-order valence-electron chi connectivity index (χ2n) is 6.06. The molecule has 1 unspecified atom stereocenters. The van der Waals surface area contributed by atoms with E-state index in [4.69, 9.17) is 0 Å². The molecule has 0 aromatic carbocycles. The van der Waals surface area contributed by atoms with Gasteiger partial charge in [0.2, 0.25) is 0 Å². The molecule has 6 nitrogen and oxygen atoms in total. The highest BCUT2D eigenvalue weighted by molar-refractivity contribution is 14.0. The van der Waals surface area contributed by atoms with Crippen LogP contribution in [-0.2, 0) is 12.8 Å². The van der Waals surface area contributed by atoms with E-state index in [9.17, 15) is 0 Å². The Morgan fingerprint density at radius 2 is 2.12 bits per heavy atom. The summed E-state index contributed by atoms with van der Waals surface area (Å²) >= 11 is 1.82. The van der Waals surface area contributed by atoms with E-state index >= 15 is 0 Å². The van der Waals surface area contributed by atoms with Crippen LogP contribution in [0.15, 0.2) is 46.9 Å². The lowest BCUT2D eigenvalue weighted by Crippen LogP contribution is -2.40. The summed E-state index contributed by atoms with van der Waals surface area (Å²) in [6, 6.07) is 10.2. The first kappa shape index (κ1) is 20.6. The van der Waals surface area contributed by atoms with E-state index in [0.717, 1.165) is 43.4 Å². The number of nitrogens with zero attached hydrogens (tertiary/aromatic N) is 4. The van der Waals surface area contributed by atoms with Gasteiger partial charge in [0, 0.05) is 37.6 Å². The molecule has 0 amide bonds. The minimum atomic E-state index is 0. The Bertz CT molecular complexity index is 814. The average Bonchev–Trinajstić information content (AvgIpc) is 3.28. The third-order valence-corrected chi connectivity index (χ3v) is 4.90. The second kappa shape index (κ2) is 10.5. The Hall–Kier alpha value is -1.68. The first-order valence-corrected chi connectivity index (χ1v) is 9.40. The minimum Gasteiger partial charge on any atom is -0.356 e. The van der Waals surface area contributed by atoms with Crippen molar-refractivity contribution >= 4 is 46.9 Å². The molecular weight excluding hydrogens is 459 g/mol. The fraction of sp³-hybridized carbons (Fsp3) is 0.389. The van der Waals surface area contributed by atoms with Crippen molar-refractivity contribution in [2.24, 2.45) is 10.9 Å². The maximum Gasteiger partial charge on any atom is 0.190 e. The molecule has 0 radical (unpaired) electrons. The van der Waals surface area contributed by atoms with Crippen LogP contribution < -0.4 is 10.6 Å². The summed E-state index contributed by atoms with van der Waals surface area (Å²) in [5.74, 6) is 2.33. The van der Waals surface area contributed by atoms with Crippen LogP contribution in [-0.4, -0.2) is 40.7 Å². The van der Waals surface area contributed by atoms with Crippen LogP contribution >= 0.6 is 35.3 Å². The van der Waals surface area contributed by atoms with Crippen LogP contribution in [0.3, 0.4) is 0 Å².